The van der Waals surface area contributed by atoms with E-state index in [0.717, 1.165) is 11.0 Å². The Bertz CT molecular complexity index is 656. The van der Waals surface area contributed by atoms with E-state index in [1.807, 2.05) is 30.3 Å². The van der Waals surface area contributed by atoms with Crippen molar-refractivity contribution in [2.24, 2.45) is 5.73 Å². The van der Waals surface area contributed by atoms with Crippen LogP contribution in [0.5, 0.6) is 0 Å². The number of hydrogen-bond acceptors (Lipinski definition) is 6. The van der Waals surface area contributed by atoms with Crippen LogP contribution in [0.4, 0.5) is 0 Å². The van der Waals surface area contributed by atoms with Crippen LogP contribution >= 0.6 is 0 Å². The summed E-state index contributed by atoms with van der Waals surface area (Å²) in [5.41, 5.74) is 6.55. The molecule has 3 N–H and O–H groups in total. The lowest BCUT2D eigenvalue weighted by molar-refractivity contribution is 0.259. The molecule has 0 aliphatic carbocycles. The number of fused-ring (bicyclic) bond motifs is 1. The number of aliphatic hydroxyl groups is 1. The number of furan rings is 1. The number of nitrogens with two attached hydrogens (primary N) is 1. The predicted octanol–water partition coefficient (Wildman–Crippen LogP) is 1.86. The van der Waals surface area contributed by atoms with Crippen LogP contribution in [0.15, 0.2) is 39.3 Å². The fourth-order valence-corrected chi connectivity index (χ4v) is 1.84. The van der Waals surface area contributed by atoms with Gasteiger partial charge in [0.05, 0.1) is 6.04 Å². The fourth-order valence-electron chi connectivity index (χ4n) is 1.84. The topological polar surface area (TPSA) is 98.3 Å². The van der Waals surface area contributed by atoms with Crippen molar-refractivity contribution in [2.45, 2.75) is 12.5 Å². The van der Waals surface area contributed by atoms with Gasteiger partial charge in [0.2, 0.25) is 11.7 Å². The molecule has 6 heteroatoms. The van der Waals surface area contributed by atoms with Crippen LogP contribution in [-0.2, 0) is 0 Å². The summed E-state index contributed by atoms with van der Waals surface area (Å²) in [6.07, 6.45) is 0.377. The van der Waals surface area contributed by atoms with E-state index in [-0.39, 0.29) is 6.61 Å². The van der Waals surface area contributed by atoms with Gasteiger partial charge in [0, 0.05) is 12.0 Å². The van der Waals surface area contributed by atoms with Gasteiger partial charge in [-0.3, -0.25) is 0 Å². The highest BCUT2D eigenvalue weighted by atomic mass is 16.5. The molecule has 3 aromatic rings. The normalized spacial score (nSPS) is 12.9. The Morgan fingerprint density at radius 1 is 1.32 bits per heavy atom. The minimum atomic E-state index is -0.462. The van der Waals surface area contributed by atoms with Crippen LogP contribution in [0.3, 0.4) is 0 Å². The Morgan fingerprint density at radius 3 is 2.95 bits per heavy atom. The van der Waals surface area contributed by atoms with Crippen molar-refractivity contribution in [1.29, 1.82) is 0 Å². The lowest BCUT2D eigenvalue weighted by Crippen LogP contribution is -2.12. The van der Waals surface area contributed by atoms with E-state index in [0.29, 0.717) is 23.9 Å². The standard InChI is InChI=1S/C13H13N3O3/c14-9(5-6-17)13-15-12(16-19-13)11-7-8-3-1-2-4-10(8)18-11/h1-4,7,9,17H,5-6,14H2. The van der Waals surface area contributed by atoms with E-state index in [1.165, 1.54) is 0 Å². The Kier molecular flexibility index (Phi) is 3.02. The minimum Gasteiger partial charge on any atom is -0.453 e. The predicted molar refractivity (Wildman–Crippen MR) is 68.1 cm³/mol. The molecule has 1 atom stereocenters. The number of rotatable bonds is 4. The van der Waals surface area contributed by atoms with Gasteiger partial charge in [0.15, 0.2) is 5.76 Å². The molecule has 19 heavy (non-hydrogen) atoms. The number of nitrogens with zero attached hydrogens (tertiary/aromatic N) is 2. The van der Waals surface area contributed by atoms with Crippen LogP contribution in [0.1, 0.15) is 18.4 Å². The lowest BCUT2D eigenvalue weighted by Gasteiger charge is -2.01. The van der Waals surface area contributed by atoms with Gasteiger partial charge in [-0.05, 0) is 18.6 Å². The van der Waals surface area contributed by atoms with Gasteiger partial charge in [-0.25, -0.2) is 0 Å². The maximum absolute atomic E-state index is 8.83. The molecule has 6 nitrogen and oxygen atoms in total. The zero-order valence-corrected chi connectivity index (χ0v) is 10.1. The van der Waals surface area contributed by atoms with Crippen LogP contribution in [0.25, 0.3) is 22.6 Å². The van der Waals surface area contributed by atoms with Crippen LogP contribution in [0.2, 0.25) is 0 Å². The van der Waals surface area contributed by atoms with E-state index < -0.39 is 6.04 Å². The summed E-state index contributed by atoms with van der Waals surface area (Å²) in [6, 6.07) is 9.03. The van der Waals surface area contributed by atoms with Crippen molar-refractivity contribution in [1.82, 2.24) is 10.1 Å². The molecule has 0 bridgehead atoms. The maximum Gasteiger partial charge on any atom is 0.244 e. The maximum atomic E-state index is 8.83. The molecule has 0 amide bonds. The highest BCUT2D eigenvalue weighted by molar-refractivity contribution is 5.81. The molecule has 0 fully saturated rings. The van der Waals surface area contributed by atoms with Crippen molar-refractivity contribution >= 4 is 11.0 Å². The molecular weight excluding hydrogens is 246 g/mol. The largest absolute Gasteiger partial charge is 0.453 e. The van der Waals surface area contributed by atoms with E-state index in [9.17, 15) is 0 Å². The monoisotopic (exact) mass is 259 g/mol. The third kappa shape index (κ3) is 2.23. The van der Waals surface area contributed by atoms with Crippen LogP contribution in [0, 0.1) is 0 Å². The molecule has 0 saturated heterocycles. The summed E-state index contributed by atoms with van der Waals surface area (Å²) in [5.74, 6) is 1.19. The fraction of sp³-hybridized carbons (Fsp3) is 0.231. The summed E-state index contributed by atoms with van der Waals surface area (Å²) in [4.78, 5) is 4.19. The molecule has 0 radical (unpaired) electrons. The molecule has 1 unspecified atom stereocenters. The molecule has 2 heterocycles. The molecule has 98 valence electrons. The summed E-state index contributed by atoms with van der Waals surface area (Å²) >= 11 is 0. The van der Waals surface area contributed by atoms with E-state index in [2.05, 4.69) is 10.1 Å². The zero-order chi connectivity index (χ0) is 13.2. The van der Waals surface area contributed by atoms with Gasteiger partial charge in [-0.2, -0.15) is 4.98 Å². The first-order chi connectivity index (χ1) is 9.28. The molecule has 0 aliphatic rings. The molecule has 0 aliphatic heterocycles. The molecule has 1 aromatic carbocycles. The quantitative estimate of drug-likeness (QED) is 0.742. The lowest BCUT2D eigenvalue weighted by atomic mass is 10.2. The van der Waals surface area contributed by atoms with Crippen LogP contribution in [-0.4, -0.2) is 21.9 Å². The van der Waals surface area contributed by atoms with Crippen molar-refractivity contribution in [3.63, 3.8) is 0 Å². The van der Waals surface area contributed by atoms with Gasteiger partial charge >= 0.3 is 0 Å². The van der Waals surface area contributed by atoms with Gasteiger partial charge in [-0.15, -0.1) is 0 Å². The van der Waals surface area contributed by atoms with Crippen molar-refractivity contribution in [3.8, 4) is 11.6 Å². The molecule has 3 rings (SSSR count). The number of aliphatic hydroxyl groups excluding tert-OH is 1. The summed E-state index contributed by atoms with van der Waals surface area (Å²) in [7, 11) is 0. The first-order valence-electron chi connectivity index (χ1n) is 5.97. The average molecular weight is 259 g/mol. The SMILES string of the molecule is NC(CCO)c1nc(-c2cc3ccccc3o2)no1. The molecular formula is C13H13N3O3. The Morgan fingerprint density at radius 2 is 2.16 bits per heavy atom. The molecule has 2 aromatic heterocycles. The second kappa shape index (κ2) is 4.83. The summed E-state index contributed by atoms with van der Waals surface area (Å²) < 4.78 is 10.7. The first-order valence-corrected chi connectivity index (χ1v) is 5.97. The second-order valence-electron chi connectivity index (χ2n) is 4.22. The van der Waals surface area contributed by atoms with Gasteiger partial charge in [-0.1, -0.05) is 23.4 Å². The van der Waals surface area contributed by atoms with Gasteiger partial charge in [0.25, 0.3) is 0 Å². The Balaban J connectivity index is 1.93. The van der Waals surface area contributed by atoms with Crippen molar-refractivity contribution < 1.29 is 14.0 Å². The molecule has 0 saturated carbocycles. The number of benzene rings is 1. The third-order valence-corrected chi connectivity index (χ3v) is 2.84. The van der Waals surface area contributed by atoms with E-state index >= 15 is 0 Å². The van der Waals surface area contributed by atoms with Crippen molar-refractivity contribution in [2.75, 3.05) is 6.61 Å². The zero-order valence-electron chi connectivity index (χ0n) is 10.1. The first kappa shape index (κ1) is 11.9. The van der Waals surface area contributed by atoms with Gasteiger partial charge in [0.1, 0.15) is 5.58 Å². The third-order valence-electron chi connectivity index (χ3n) is 2.84. The number of hydrogen-bond donors (Lipinski definition) is 2. The summed E-state index contributed by atoms with van der Waals surface area (Å²) in [6.45, 7) is -0.0243. The second-order valence-corrected chi connectivity index (χ2v) is 4.22. The Hall–Kier alpha value is -2.18. The van der Waals surface area contributed by atoms with Gasteiger partial charge < -0.3 is 19.8 Å². The highest BCUT2D eigenvalue weighted by Gasteiger charge is 2.17. The summed E-state index contributed by atoms with van der Waals surface area (Å²) in [5, 5.41) is 13.6. The Labute approximate surface area is 108 Å². The number of para-hydroxylation sites is 1. The van der Waals surface area contributed by atoms with E-state index in [1.54, 1.807) is 0 Å². The smallest absolute Gasteiger partial charge is 0.244 e. The average Bonchev–Trinajstić information content (AvgIpc) is 3.05. The van der Waals surface area contributed by atoms with E-state index in [4.69, 9.17) is 19.8 Å². The van der Waals surface area contributed by atoms with Crippen molar-refractivity contribution in [3.05, 3.63) is 36.2 Å². The number of aromatic nitrogens is 2. The molecule has 0 spiro atoms. The van der Waals surface area contributed by atoms with Crippen LogP contribution < -0.4 is 5.73 Å². The minimum absolute atomic E-state index is 0.0243. The highest BCUT2D eigenvalue weighted by Crippen LogP contribution is 2.26.